The van der Waals surface area contributed by atoms with Crippen molar-refractivity contribution in [2.24, 2.45) is 0 Å². The van der Waals surface area contributed by atoms with Gasteiger partial charge in [-0.05, 0) is 32.0 Å². The quantitative estimate of drug-likeness (QED) is 0.456. The van der Waals surface area contributed by atoms with Crippen molar-refractivity contribution >= 4 is 23.2 Å². The minimum Gasteiger partial charge on any atom is -0.399 e. The molecule has 0 fully saturated rings. The lowest BCUT2D eigenvalue weighted by atomic mass is 10.2. The molecule has 0 saturated heterocycles. The molecule has 0 atom stereocenters. The van der Waals surface area contributed by atoms with Crippen LogP contribution in [-0.4, -0.2) is 11.8 Å². The number of nitrogen functional groups attached to an aromatic ring is 2. The number of anilines is 2. The fraction of sp³-hybridized carbons (Fsp3) is 0.167. The van der Waals surface area contributed by atoms with E-state index in [-0.39, 0.29) is 11.8 Å². The number of nitrogens with two attached hydrogens (primary N) is 2. The van der Waals surface area contributed by atoms with E-state index >= 15 is 0 Å². The van der Waals surface area contributed by atoms with Gasteiger partial charge >= 0.3 is 0 Å². The molecule has 1 heterocycles. The molecule has 1 aliphatic rings. The molecule has 1 aliphatic heterocycles. The number of carbonyl (C=O) groups excluding carboxylic acids is 2. The van der Waals surface area contributed by atoms with Crippen LogP contribution in [0.15, 0.2) is 35.4 Å². The van der Waals surface area contributed by atoms with Gasteiger partial charge < -0.3 is 11.5 Å². The van der Waals surface area contributed by atoms with E-state index in [1.165, 1.54) is 0 Å². The van der Waals surface area contributed by atoms with E-state index < -0.39 is 0 Å². The smallest absolute Gasteiger partial charge is 0.254 e. The third-order valence-corrected chi connectivity index (χ3v) is 2.38. The third-order valence-electron chi connectivity index (χ3n) is 2.38. The molecular formula is C12H15N3O2. The molecule has 0 unspecified atom stereocenters. The zero-order valence-electron chi connectivity index (χ0n) is 9.78. The lowest BCUT2D eigenvalue weighted by Crippen LogP contribution is -2.22. The van der Waals surface area contributed by atoms with Gasteiger partial charge in [0.05, 0.1) is 0 Å². The van der Waals surface area contributed by atoms with Gasteiger partial charge in [-0.3, -0.25) is 14.9 Å². The van der Waals surface area contributed by atoms with Crippen LogP contribution < -0.4 is 16.8 Å². The largest absolute Gasteiger partial charge is 0.399 e. The van der Waals surface area contributed by atoms with E-state index in [0.717, 1.165) is 0 Å². The fourth-order valence-corrected chi connectivity index (χ4v) is 1.19. The van der Waals surface area contributed by atoms with Gasteiger partial charge in [0, 0.05) is 22.5 Å². The van der Waals surface area contributed by atoms with Crippen molar-refractivity contribution < 1.29 is 9.59 Å². The van der Waals surface area contributed by atoms with E-state index in [4.69, 9.17) is 11.5 Å². The number of imide groups is 1. The number of amides is 2. The predicted octanol–water partition coefficient (Wildman–Crippen LogP) is 0.830. The van der Waals surface area contributed by atoms with Gasteiger partial charge in [0.1, 0.15) is 0 Å². The molecule has 90 valence electrons. The Bertz CT molecular complexity index is 453. The summed E-state index contributed by atoms with van der Waals surface area (Å²) in [5, 5.41) is 2.16. The van der Waals surface area contributed by atoms with E-state index in [1.807, 2.05) is 6.07 Å². The fourth-order valence-electron chi connectivity index (χ4n) is 1.19. The monoisotopic (exact) mass is 233 g/mol. The Morgan fingerprint density at radius 3 is 1.53 bits per heavy atom. The van der Waals surface area contributed by atoms with Crippen LogP contribution in [0.3, 0.4) is 0 Å². The highest BCUT2D eigenvalue weighted by atomic mass is 16.2. The maximum atomic E-state index is 10.6. The van der Waals surface area contributed by atoms with Gasteiger partial charge in [0.15, 0.2) is 0 Å². The normalized spacial score (nSPS) is 14.2. The maximum absolute atomic E-state index is 10.6. The van der Waals surface area contributed by atoms with Gasteiger partial charge in [-0.15, -0.1) is 0 Å². The highest BCUT2D eigenvalue weighted by Gasteiger charge is 2.22. The SMILES string of the molecule is CC1=C(C)C(=O)NC1=O.Nc1cccc(N)c1. The second-order valence-corrected chi connectivity index (χ2v) is 3.70. The van der Waals surface area contributed by atoms with E-state index in [9.17, 15) is 9.59 Å². The standard InChI is InChI=1S/C6H8N2.C6H7NO2/c7-5-2-1-3-6(8)4-5;1-3-4(2)6(9)7-5(3)8/h1-4H,7-8H2;1-2H3,(H,7,8,9). The van der Waals surface area contributed by atoms with Gasteiger partial charge in [0.2, 0.25) is 0 Å². The Balaban J connectivity index is 0.000000171. The zero-order valence-corrected chi connectivity index (χ0v) is 9.78. The van der Waals surface area contributed by atoms with Crippen molar-refractivity contribution in [3.8, 4) is 0 Å². The first kappa shape index (κ1) is 12.8. The highest BCUT2D eigenvalue weighted by Crippen LogP contribution is 2.09. The van der Waals surface area contributed by atoms with Gasteiger partial charge in [-0.25, -0.2) is 0 Å². The molecule has 5 N–H and O–H groups in total. The van der Waals surface area contributed by atoms with Crippen LogP contribution in [0.4, 0.5) is 11.4 Å². The van der Waals surface area contributed by atoms with Crippen LogP contribution in [0.2, 0.25) is 0 Å². The van der Waals surface area contributed by atoms with Crippen molar-refractivity contribution in [1.82, 2.24) is 5.32 Å². The number of benzene rings is 1. The van der Waals surface area contributed by atoms with Crippen molar-refractivity contribution in [2.75, 3.05) is 11.5 Å². The summed E-state index contributed by atoms with van der Waals surface area (Å²) in [6.07, 6.45) is 0. The second kappa shape index (κ2) is 5.16. The minimum absolute atomic E-state index is 0.266. The number of hydrogen-bond acceptors (Lipinski definition) is 4. The zero-order chi connectivity index (χ0) is 13.0. The van der Waals surface area contributed by atoms with Crippen LogP contribution in [-0.2, 0) is 9.59 Å². The van der Waals surface area contributed by atoms with Crippen LogP contribution >= 0.6 is 0 Å². The Hall–Kier alpha value is -2.30. The van der Waals surface area contributed by atoms with E-state index in [2.05, 4.69) is 5.32 Å². The molecule has 1 aromatic rings. The first-order valence-corrected chi connectivity index (χ1v) is 5.06. The highest BCUT2D eigenvalue weighted by molar-refractivity contribution is 6.18. The molecule has 0 saturated carbocycles. The summed E-state index contributed by atoms with van der Waals surface area (Å²) in [7, 11) is 0. The maximum Gasteiger partial charge on any atom is 0.254 e. The first-order chi connectivity index (χ1) is 7.91. The number of hydrogen-bond donors (Lipinski definition) is 3. The van der Waals surface area contributed by atoms with Crippen LogP contribution in [0.5, 0.6) is 0 Å². The van der Waals surface area contributed by atoms with Crippen LogP contribution in [0.25, 0.3) is 0 Å². The predicted molar refractivity (Wildman–Crippen MR) is 66.8 cm³/mol. The van der Waals surface area contributed by atoms with Gasteiger partial charge in [0.25, 0.3) is 11.8 Å². The van der Waals surface area contributed by atoms with Crippen LogP contribution in [0.1, 0.15) is 13.8 Å². The number of rotatable bonds is 0. The molecule has 5 heteroatoms. The summed E-state index contributed by atoms with van der Waals surface area (Å²) in [5.74, 6) is -0.532. The molecule has 0 spiro atoms. The molecule has 0 aromatic heterocycles. The van der Waals surface area contributed by atoms with Gasteiger partial charge in [-0.1, -0.05) is 6.07 Å². The molecule has 1 aromatic carbocycles. The Morgan fingerprint density at radius 2 is 1.35 bits per heavy atom. The first-order valence-electron chi connectivity index (χ1n) is 5.06. The summed E-state index contributed by atoms with van der Waals surface area (Å²) in [5.41, 5.74) is 13.2. The summed E-state index contributed by atoms with van der Waals surface area (Å²) in [6, 6.07) is 7.15. The molecule has 0 radical (unpaired) electrons. The Kier molecular flexibility index (Phi) is 3.87. The molecule has 2 amide bonds. The van der Waals surface area contributed by atoms with Crippen molar-refractivity contribution in [3.05, 3.63) is 35.4 Å². The Morgan fingerprint density at radius 1 is 0.941 bits per heavy atom. The van der Waals surface area contributed by atoms with Crippen molar-refractivity contribution in [2.45, 2.75) is 13.8 Å². The van der Waals surface area contributed by atoms with Crippen LogP contribution in [0, 0.1) is 0 Å². The Labute approximate surface area is 99.5 Å². The summed E-state index contributed by atoms with van der Waals surface area (Å²) in [4.78, 5) is 21.2. The lowest BCUT2D eigenvalue weighted by molar-refractivity contribution is -0.124. The van der Waals surface area contributed by atoms with E-state index in [0.29, 0.717) is 22.5 Å². The number of nitrogens with one attached hydrogen (secondary N) is 1. The average Bonchev–Trinajstić information content (AvgIpc) is 2.46. The topological polar surface area (TPSA) is 98.2 Å². The molecule has 0 aliphatic carbocycles. The minimum atomic E-state index is -0.266. The van der Waals surface area contributed by atoms with Gasteiger partial charge in [-0.2, -0.15) is 0 Å². The average molecular weight is 233 g/mol. The summed E-state index contributed by atoms with van der Waals surface area (Å²) >= 11 is 0. The summed E-state index contributed by atoms with van der Waals surface area (Å²) in [6.45, 7) is 3.27. The molecule has 0 bridgehead atoms. The van der Waals surface area contributed by atoms with E-state index in [1.54, 1.807) is 32.0 Å². The molecule has 17 heavy (non-hydrogen) atoms. The molecule has 2 rings (SSSR count). The van der Waals surface area contributed by atoms with Crippen molar-refractivity contribution in [3.63, 3.8) is 0 Å². The number of carbonyl (C=O) groups is 2. The second-order valence-electron chi connectivity index (χ2n) is 3.70. The van der Waals surface area contributed by atoms with Crippen molar-refractivity contribution in [1.29, 1.82) is 0 Å². The third kappa shape index (κ3) is 3.34. The lowest BCUT2D eigenvalue weighted by Gasteiger charge is -1.91. The molecular weight excluding hydrogens is 218 g/mol. The molecule has 5 nitrogen and oxygen atoms in total. The summed E-state index contributed by atoms with van der Waals surface area (Å²) < 4.78 is 0.